The minimum atomic E-state index is -0.821. The lowest BCUT2D eigenvalue weighted by Crippen LogP contribution is -2.30. The van der Waals surface area contributed by atoms with E-state index in [-0.39, 0.29) is 37.5 Å². The van der Waals surface area contributed by atoms with Gasteiger partial charge in [-0.3, -0.25) is 14.4 Å². The lowest BCUT2D eigenvalue weighted by molar-refractivity contribution is -0.167. The normalized spacial score (nSPS) is 13.1. The Balaban J connectivity index is 4.55. The van der Waals surface area contributed by atoms with E-state index in [1.165, 1.54) is 64.2 Å². The van der Waals surface area contributed by atoms with Crippen LogP contribution in [0.15, 0.2) is 134 Å². The predicted molar refractivity (Wildman–Crippen MR) is 311 cm³/mol. The van der Waals surface area contributed by atoms with Crippen molar-refractivity contribution in [3.8, 4) is 0 Å². The van der Waals surface area contributed by atoms with E-state index in [9.17, 15) is 14.4 Å². The Bertz CT molecular complexity index is 1560. The molecule has 0 N–H and O–H groups in total. The minimum absolute atomic E-state index is 0.114. The van der Waals surface area contributed by atoms with E-state index in [1.807, 2.05) is 0 Å². The Hall–Kier alpha value is -4.45. The fourth-order valence-electron chi connectivity index (χ4n) is 7.58. The molecule has 72 heavy (non-hydrogen) atoms. The molecule has 1 unspecified atom stereocenters. The zero-order chi connectivity index (χ0) is 52.2. The van der Waals surface area contributed by atoms with E-state index in [0.717, 1.165) is 135 Å². The number of unbranched alkanes of at least 4 members (excludes halogenated alkanes) is 19. The lowest BCUT2D eigenvalue weighted by atomic mass is 10.1. The molecular weight excluding hydrogens is 889 g/mol. The van der Waals surface area contributed by atoms with Crippen LogP contribution in [0, 0.1) is 0 Å². The largest absolute Gasteiger partial charge is 0.462 e. The maximum Gasteiger partial charge on any atom is 0.306 e. The quantitative estimate of drug-likeness (QED) is 0.0199. The third-order valence-electron chi connectivity index (χ3n) is 11.9. The average Bonchev–Trinajstić information content (AvgIpc) is 3.38. The minimum Gasteiger partial charge on any atom is -0.462 e. The lowest BCUT2D eigenvalue weighted by Gasteiger charge is -2.18. The molecule has 0 aliphatic rings. The molecule has 0 aromatic carbocycles. The number of esters is 3. The molecule has 0 aliphatic heterocycles. The molecule has 0 amide bonds. The smallest absolute Gasteiger partial charge is 0.306 e. The highest BCUT2D eigenvalue weighted by atomic mass is 16.6. The number of rotatable bonds is 51. The SMILES string of the molecule is CC/C=C\C/C=C\C/C=C\C/C=C\C/C=C\CCCC(=O)OCC(COC(=O)CCCCCCCC/C=C\C/C=C\C/C=C\C/C=C\CC)OC(=O)CCCCCCC/C=C\C=C/CCCCCCCCC. The highest BCUT2D eigenvalue weighted by molar-refractivity contribution is 5.71. The van der Waals surface area contributed by atoms with E-state index < -0.39 is 6.10 Å². The summed E-state index contributed by atoms with van der Waals surface area (Å²) < 4.78 is 16.8. The van der Waals surface area contributed by atoms with Crippen LogP contribution in [-0.4, -0.2) is 37.2 Å². The molecule has 0 radical (unpaired) electrons. The van der Waals surface area contributed by atoms with Gasteiger partial charge in [0, 0.05) is 19.3 Å². The Morgan fingerprint density at radius 3 is 0.986 bits per heavy atom. The molecule has 0 bridgehead atoms. The maximum absolute atomic E-state index is 12.9. The van der Waals surface area contributed by atoms with Crippen molar-refractivity contribution in [3.05, 3.63) is 134 Å². The molecule has 0 fully saturated rings. The second-order valence-electron chi connectivity index (χ2n) is 18.8. The second kappa shape index (κ2) is 59.1. The van der Waals surface area contributed by atoms with Gasteiger partial charge >= 0.3 is 17.9 Å². The summed E-state index contributed by atoms with van der Waals surface area (Å²) in [6, 6.07) is 0. The summed E-state index contributed by atoms with van der Waals surface area (Å²) in [5.74, 6) is -1.01. The summed E-state index contributed by atoms with van der Waals surface area (Å²) in [6.07, 6.45) is 83.0. The molecule has 0 spiro atoms. The Morgan fingerprint density at radius 2 is 0.597 bits per heavy atom. The summed E-state index contributed by atoms with van der Waals surface area (Å²) in [5, 5.41) is 0. The van der Waals surface area contributed by atoms with Gasteiger partial charge in [0.15, 0.2) is 6.10 Å². The van der Waals surface area contributed by atoms with Gasteiger partial charge in [0.1, 0.15) is 13.2 Å². The Labute approximate surface area is 443 Å². The molecule has 0 heterocycles. The maximum atomic E-state index is 12.9. The van der Waals surface area contributed by atoms with Crippen LogP contribution in [0.1, 0.15) is 245 Å². The van der Waals surface area contributed by atoms with Gasteiger partial charge in [-0.1, -0.05) is 238 Å². The standard InChI is InChI=1S/C66H106O6/c1-4-7-10-13-16-19-22-25-28-31-33-36-38-41-44-47-50-53-56-59-65(68)71-62-63(61-70-64(67)58-55-52-49-46-43-40-37-34-30-27-24-21-18-15-12-9-6-3)72-66(69)60-57-54-51-48-45-42-39-35-32-29-26-23-20-17-14-11-8-5-2/h7,9-10,12,16,18-19,21,25,27-30,32-33,35-37,39-40,46,49,63H,4-6,8,11,13-15,17,20,22-24,26,31,34,38,41-45,47-48,50-62H2,1-3H3/b10-7-,12-9-,19-16-,21-18-,28-25-,30-27-,32-29-,36-33-,39-35-,40-37-,49-46-. The second-order valence-corrected chi connectivity index (χ2v) is 18.8. The molecule has 0 aliphatic carbocycles. The third kappa shape index (κ3) is 56.5. The number of allylic oxidation sites excluding steroid dienone is 22. The number of hydrogen-bond acceptors (Lipinski definition) is 6. The van der Waals surface area contributed by atoms with Crippen molar-refractivity contribution in [2.24, 2.45) is 0 Å². The van der Waals surface area contributed by atoms with E-state index >= 15 is 0 Å². The fraction of sp³-hybridized carbons (Fsp3) is 0.621. The first-order valence-corrected chi connectivity index (χ1v) is 29.2. The van der Waals surface area contributed by atoms with Gasteiger partial charge in [-0.2, -0.15) is 0 Å². The molecule has 6 nitrogen and oxygen atoms in total. The molecule has 0 saturated heterocycles. The number of ether oxygens (including phenoxy) is 3. The number of carbonyl (C=O) groups excluding carboxylic acids is 3. The van der Waals surface area contributed by atoms with Crippen LogP contribution >= 0.6 is 0 Å². The van der Waals surface area contributed by atoms with Crippen molar-refractivity contribution < 1.29 is 28.6 Å². The van der Waals surface area contributed by atoms with Gasteiger partial charge in [0.25, 0.3) is 0 Å². The highest BCUT2D eigenvalue weighted by Crippen LogP contribution is 2.13. The number of hydrogen-bond donors (Lipinski definition) is 0. The zero-order valence-corrected chi connectivity index (χ0v) is 46.4. The third-order valence-corrected chi connectivity index (χ3v) is 11.9. The van der Waals surface area contributed by atoms with Gasteiger partial charge in [0.2, 0.25) is 0 Å². The number of carbonyl (C=O) groups is 3. The predicted octanol–water partition coefficient (Wildman–Crippen LogP) is 19.8. The van der Waals surface area contributed by atoms with E-state index in [4.69, 9.17) is 14.2 Å². The van der Waals surface area contributed by atoms with Crippen molar-refractivity contribution >= 4 is 17.9 Å². The summed E-state index contributed by atoms with van der Waals surface area (Å²) in [6.45, 7) is 6.33. The molecule has 0 saturated carbocycles. The van der Waals surface area contributed by atoms with E-state index in [2.05, 4.69) is 154 Å². The Morgan fingerprint density at radius 1 is 0.306 bits per heavy atom. The van der Waals surface area contributed by atoms with Crippen LogP contribution in [0.2, 0.25) is 0 Å². The molecule has 0 aromatic heterocycles. The molecule has 6 heteroatoms. The van der Waals surface area contributed by atoms with Gasteiger partial charge in [-0.15, -0.1) is 0 Å². The summed E-state index contributed by atoms with van der Waals surface area (Å²) in [7, 11) is 0. The van der Waals surface area contributed by atoms with Gasteiger partial charge < -0.3 is 14.2 Å². The van der Waals surface area contributed by atoms with Crippen LogP contribution in [0.25, 0.3) is 0 Å². The summed E-state index contributed by atoms with van der Waals surface area (Å²) >= 11 is 0. The Kier molecular flexibility index (Phi) is 55.5. The molecule has 0 aromatic rings. The average molecular weight is 996 g/mol. The van der Waals surface area contributed by atoms with Crippen molar-refractivity contribution in [1.82, 2.24) is 0 Å². The molecule has 1 atom stereocenters. The van der Waals surface area contributed by atoms with Gasteiger partial charge in [-0.25, -0.2) is 0 Å². The van der Waals surface area contributed by atoms with Gasteiger partial charge in [0.05, 0.1) is 0 Å². The molecular formula is C66H106O6. The van der Waals surface area contributed by atoms with Crippen LogP contribution in [0.5, 0.6) is 0 Å². The first-order valence-electron chi connectivity index (χ1n) is 29.2. The topological polar surface area (TPSA) is 78.9 Å². The van der Waals surface area contributed by atoms with Crippen molar-refractivity contribution in [3.63, 3.8) is 0 Å². The summed E-state index contributed by atoms with van der Waals surface area (Å²) in [4.78, 5) is 38.2. The fourth-order valence-corrected chi connectivity index (χ4v) is 7.58. The zero-order valence-electron chi connectivity index (χ0n) is 46.4. The first kappa shape index (κ1) is 67.5. The van der Waals surface area contributed by atoms with Crippen molar-refractivity contribution in [1.29, 1.82) is 0 Å². The molecule has 0 rings (SSSR count). The van der Waals surface area contributed by atoms with Crippen LogP contribution in [-0.2, 0) is 28.6 Å². The van der Waals surface area contributed by atoms with Crippen LogP contribution < -0.4 is 0 Å². The first-order chi connectivity index (χ1) is 35.5. The van der Waals surface area contributed by atoms with Gasteiger partial charge in [-0.05, 0) is 122 Å². The van der Waals surface area contributed by atoms with Crippen molar-refractivity contribution in [2.75, 3.05) is 13.2 Å². The van der Waals surface area contributed by atoms with E-state index in [0.29, 0.717) is 19.3 Å². The summed E-state index contributed by atoms with van der Waals surface area (Å²) in [5.41, 5.74) is 0. The van der Waals surface area contributed by atoms with Crippen LogP contribution in [0.3, 0.4) is 0 Å². The molecule has 406 valence electrons. The van der Waals surface area contributed by atoms with E-state index in [1.54, 1.807) is 0 Å². The van der Waals surface area contributed by atoms with Crippen LogP contribution in [0.4, 0.5) is 0 Å². The monoisotopic (exact) mass is 995 g/mol. The van der Waals surface area contributed by atoms with Crippen molar-refractivity contribution in [2.45, 2.75) is 252 Å². The highest BCUT2D eigenvalue weighted by Gasteiger charge is 2.19.